The Balaban J connectivity index is 1.67. The summed E-state index contributed by atoms with van der Waals surface area (Å²) in [5.74, 6) is 1.40. The SMILES string of the molecule is CCCc1noc(CCCC(=O)NCc2cccc(Br)c2)n1. The molecule has 2 aromatic rings. The largest absolute Gasteiger partial charge is 0.352 e. The molecule has 1 amide bonds. The normalized spacial score (nSPS) is 10.6. The molecule has 0 saturated carbocycles. The van der Waals surface area contributed by atoms with Crippen molar-refractivity contribution in [1.29, 1.82) is 0 Å². The Bertz CT molecular complexity index is 613. The van der Waals surface area contributed by atoms with E-state index >= 15 is 0 Å². The minimum Gasteiger partial charge on any atom is -0.352 e. The number of aromatic nitrogens is 2. The van der Waals surface area contributed by atoms with Crippen LogP contribution in [-0.4, -0.2) is 16.0 Å². The number of halogens is 1. The van der Waals surface area contributed by atoms with E-state index in [1.807, 2.05) is 24.3 Å². The van der Waals surface area contributed by atoms with Gasteiger partial charge in [0.2, 0.25) is 11.8 Å². The first-order chi connectivity index (χ1) is 10.7. The lowest BCUT2D eigenvalue weighted by Crippen LogP contribution is -2.22. The van der Waals surface area contributed by atoms with Gasteiger partial charge in [0, 0.05) is 30.3 Å². The maximum atomic E-state index is 11.8. The maximum absolute atomic E-state index is 11.8. The predicted octanol–water partition coefficient (Wildman–Crippen LogP) is 3.42. The monoisotopic (exact) mass is 365 g/mol. The average Bonchev–Trinajstić information content (AvgIpc) is 2.93. The number of carbonyl (C=O) groups excluding carboxylic acids is 1. The van der Waals surface area contributed by atoms with E-state index in [9.17, 15) is 4.79 Å². The lowest BCUT2D eigenvalue weighted by Gasteiger charge is -2.05. The number of amides is 1. The molecule has 0 fully saturated rings. The zero-order valence-electron chi connectivity index (χ0n) is 12.6. The van der Waals surface area contributed by atoms with E-state index in [0.29, 0.717) is 31.7 Å². The first-order valence-electron chi connectivity index (χ1n) is 7.50. The summed E-state index contributed by atoms with van der Waals surface area (Å²) in [5, 5.41) is 6.81. The van der Waals surface area contributed by atoms with Crippen molar-refractivity contribution in [2.75, 3.05) is 0 Å². The molecular formula is C16H20BrN3O2. The van der Waals surface area contributed by atoms with Crippen LogP contribution in [0.25, 0.3) is 0 Å². The molecule has 0 aliphatic carbocycles. The van der Waals surface area contributed by atoms with Crippen molar-refractivity contribution in [3.05, 3.63) is 46.0 Å². The molecule has 0 atom stereocenters. The summed E-state index contributed by atoms with van der Waals surface area (Å²) in [6.45, 7) is 2.62. The third kappa shape index (κ3) is 5.60. The van der Waals surface area contributed by atoms with Gasteiger partial charge < -0.3 is 9.84 Å². The van der Waals surface area contributed by atoms with Gasteiger partial charge in [-0.3, -0.25) is 4.79 Å². The van der Waals surface area contributed by atoms with E-state index in [0.717, 1.165) is 28.7 Å². The fraction of sp³-hybridized carbons (Fsp3) is 0.438. The van der Waals surface area contributed by atoms with Gasteiger partial charge in [0.25, 0.3) is 0 Å². The summed E-state index contributed by atoms with van der Waals surface area (Å²) in [7, 11) is 0. The summed E-state index contributed by atoms with van der Waals surface area (Å²) in [6, 6.07) is 7.89. The van der Waals surface area contributed by atoms with Crippen LogP contribution in [0.5, 0.6) is 0 Å². The number of aryl methyl sites for hydroxylation is 2. The highest BCUT2D eigenvalue weighted by Gasteiger charge is 2.07. The number of nitrogens with one attached hydrogen (secondary N) is 1. The molecule has 1 N–H and O–H groups in total. The molecule has 0 saturated heterocycles. The Hall–Kier alpha value is -1.69. The van der Waals surface area contributed by atoms with Crippen LogP contribution in [0.4, 0.5) is 0 Å². The molecular weight excluding hydrogens is 346 g/mol. The Morgan fingerprint density at radius 3 is 3.00 bits per heavy atom. The summed E-state index contributed by atoms with van der Waals surface area (Å²) < 4.78 is 6.16. The fourth-order valence-corrected chi connectivity index (χ4v) is 2.50. The summed E-state index contributed by atoms with van der Waals surface area (Å²) in [5.41, 5.74) is 1.07. The smallest absolute Gasteiger partial charge is 0.226 e. The molecule has 1 aromatic heterocycles. The van der Waals surface area contributed by atoms with Crippen molar-refractivity contribution in [3.8, 4) is 0 Å². The Labute approximate surface area is 138 Å². The van der Waals surface area contributed by atoms with E-state index in [4.69, 9.17) is 4.52 Å². The lowest BCUT2D eigenvalue weighted by atomic mass is 10.2. The molecule has 0 aliphatic rings. The molecule has 0 aliphatic heterocycles. The van der Waals surface area contributed by atoms with Gasteiger partial charge >= 0.3 is 0 Å². The quantitative estimate of drug-likeness (QED) is 0.777. The van der Waals surface area contributed by atoms with Crippen LogP contribution in [0.15, 0.2) is 33.3 Å². The van der Waals surface area contributed by atoms with Crippen molar-refractivity contribution in [3.63, 3.8) is 0 Å². The lowest BCUT2D eigenvalue weighted by molar-refractivity contribution is -0.121. The average molecular weight is 366 g/mol. The Kier molecular flexibility index (Phi) is 6.58. The van der Waals surface area contributed by atoms with E-state index in [1.165, 1.54) is 0 Å². The minimum atomic E-state index is 0.0354. The van der Waals surface area contributed by atoms with Crippen LogP contribution >= 0.6 is 15.9 Å². The summed E-state index contributed by atoms with van der Waals surface area (Å²) >= 11 is 3.41. The van der Waals surface area contributed by atoms with Crippen molar-refractivity contribution >= 4 is 21.8 Å². The van der Waals surface area contributed by atoms with E-state index in [-0.39, 0.29) is 5.91 Å². The molecule has 0 bridgehead atoms. The van der Waals surface area contributed by atoms with Crippen LogP contribution < -0.4 is 5.32 Å². The second-order valence-electron chi connectivity index (χ2n) is 5.11. The second-order valence-corrected chi connectivity index (χ2v) is 6.03. The topological polar surface area (TPSA) is 68.0 Å². The van der Waals surface area contributed by atoms with E-state index in [2.05, 4.69) is 38.3 Å². The minimum absolute atomic E-state index is 0.0354. The first kappa shape index (κ1) is 16.7. The van der Waals surface area contributed by atoms with Crippen molar-refractivity contribution < 1.29 is 9.32 Å². The third-order valence-electron chi connectivity index (χ3n) is 3.16. The third-order valence-corrected chi connectivity index (χ3v) is 3.65. The zero-order valence-corrected chi connectivity index (χ0v) is 14.2. The highest BCUT2D eigenvalue weighted by Crippen LogP contribution is 2.11. The molecule has 0 spiro atoms. The van der Waals surface area contributed by atoms with E-state index < -0.39 is 0 Å². The van der Waals surface area contributed by atoms with Gasteiger partial charge in [0.1, 0.15) is 0 Å². The van der Waals surface area contributed by atoms with Gasteiger partial charge in [0.15, 0.2) is 5.82 Å². The molecule has 5 nitrogen and oxygen atoms in total. The van der Waals surface area contributed by atoms with Gasteiger partial charge in [-0.25, -0.2) is 0 Å². The van der Waals surface area contributed by atoms with Gasteiger partial charge in [0.05, 0.1) is 0 Å². The predicted molar refractivity (Wildman–Crippen MR) is 87.2 cm³/mol. The molecule has 0 radical (unpaired) electrons. The van der Waals surface area contributed by atoms with Gasteiger partial charge in [-0.05, 0) is 30.5 Å². The van der Waals surface area contributed by atoms with Gasteiger partial charge in [-0.2, -0.15) is 4.98 Å². The number of hydrogen-bond acceptors (Lipinski definition) is 4. The van der Waals surface area contributed by atoms with Crippen molar-refractivity contribution in [2.45, 2.75) is 45.6 Å². The molecule has 118 valence electrons. The number of rotatable bonds is 8. The van der Waals surface area contributed by atoms with Crippen molar-refractivity contribution in [1.82, 2.24) is 15.5 Å². The van der Waals surface area contributed by atoms with Gasteiger partial charge in [-0.15, -0.1) is 0 Å². The van der Waals surface area contributed by atoms with Crippen molar-refractivity contribution in [2.24, 2.45) is 0 Å². The first-order valence-corrected chi connectivity index (χ1v) is 8.29. The van der Waals surface area contributed by atoms with Crippen LogP contribution in [-0.2, 0) is 24.2 Å². The molecule has 22 heavy (non-hydrogen) atoms. The van der Waals surface area contributed by atoms with Crippen LogP contribution in [0, 0.1) is 0 Å². The maximum Gasteiger partial charge on any atom is 0.226 e. The molecule has 1 heterocycles. The highest BCUT2D eigenvalue weighted by atomic mass is 79.9. The van der Waals surface area contributed by atoms with E-state index in [1.54, 1.807) is 0 Å². The molecule has 2 rings (SSSR count). The fourth-order valence-electron chi connectivity index (χ4n) is 2.05. The van der Waals surface area contributed by atoms with Crippen LogP contribution in [0.3, 0.4) is 0 Å². The Morgan fingerprint density at radius 1 is 1.36 bits per heavy atom. The molecule has 6 heteroatoms. The number of carbonyl (C=O) groups is 1. The number of benzene rings is 1. The van der Waals surface area contributed by atoms with Gasteiger partial charge in [-0.1, -0.05) is 40.1 Å². The Morgan fingerprint density at radius 2 is 2.23 bits per heavy atom. The highest BCUT2D eigenvalue weighted by molar-refractivity contribution is 9.10. The number of hydrogen-bond donors (Lipinski definition) is 1. The summed E-state index contributed by atoms with van der Waals surface area (Å²) in [4.78, 5) is 16.1. The molecule has 0 unspecified atom stereocenters. The molecule has 1 aromatic carbocycles. The summed E-state index contributed by atoms with van der Waals surface area (Å²) in [6.07, 6.45) is 3.63. The second kappa shape index (κ2) is 8.68. The van der Waals surface area contributed by atoms with Crippen LogP contribution in [0.2, 0.25) is 0 Å². The number of nitrogens with zero attached hydrogens (tertiary/aromatic N) is 2. The zero-order chi connectivity index (χ0) is 15.8. The standard InChI is InChI=1S/C16H20BrN3O2/c1-2-5-14-19-16(22-20-14)9-4-8-15(21)18-11-12-6-3-7-13(17)10-12/h3,6-7,10H,2,4-5,8-9,11H2,1H3,(H,18,21). The van der Waals surface area contributed by atoms with Crippen LogP contribution in [0.1, 0.15) is 43.5 Å².